The number of nitrogens with zero attached hydrogens (tertiary/aromatic N) is 1. The van der Waals surface area contributed by atoms with Gasteiger partial charge in [0.2, 0.25) is 0 Å². The highest BCUT2D eigenvalue weighted by Crippen LogP contribution is 2.22. The second-order valence-electron chi connectivity index (χ2n) is 4.71. The summed E-state index contributed by atoms with van der Waals surface area (Å²) in [6, 6.07) is -0.418. The first-order valence-electron chi connectivity index (χ1n) is 6.50. The van der Waals surface area contributed by atoms with Gasteiger partial charge >= 0.3 is 12.0 Å². The van der Waals surface area contributed by atoms with Gasteiger partial charge in [0.25, 0.3) is 0 Å². The first-order chi connectivity index (χ1) is 9.02. The molecule has 7 nitrogen and oxygen atoms in total. The smallest absolute Gasteiger partial charge is 0.329 e. The molecule has 19 heavy (non-hydrogen) atoms. The van der Waals surface area contributed by atoms with Crippen LogP contribution in [0.2, 0.25) is 0 Å². The van der Waals surface area contributed by atoms with Gasteiger partial charge in [-0.05, 0) is 12.8 Å². The Morgan fingerprint density at radius 3 is 2.68 bits per heavy atom. The highest BCUT2D eigenvalue weighted by molar-refractivity contribution is 5.74. The third-order valence-electron chi connectivity index (χ3n) is 3.26. The quantitative estimate of drug-likeness (QED) is 0.594. The van der Waals surface area contributed by atoms with Crippen LogP contribution in [0.4, 0.5) is 4.79 Å². The summed E-state index contributed by atoms with van der Waals surface area (Å²) < 4.78 is 4.81. The molecule has 2 unspecified atom stereocenters. The summed E-state index contributed by atoms with van der Waals surface area (Å²) in [5.74, 6) is -1.03. The average Bonchev–Trinajstić information content (AvgIpc) is 2.37. The molecular formula is C12H22N2O5. The fraction of sp³-hybridized carbons (Fsp3) is 0.833. The van der Waals surface area contributed by atoms with Crippen molar-refractivity contribution in [3.63, 3.8) is 0 Å². The summed E-state index contributed by atoms with van der Waals surface area (Å²) in [7, 11) is 1.66. The Hall–Kier alpha value is -1.34. The first-order valence-corrected chi connectivity index (χ1v) is 6.50. The number of hydrogen-bond donors (Lipinski definition) is 3. The second-order valence-corrected chi connectivity index (χ2v) is 4.71. The predicted octanol–water partition coefficient (Wildman–Crippen LogP) is 0.0325. The van der Waals surface area contributed by atoms with Gasteiger partial charge in [-0.1, -0.05) is 12.8 Å². The van der Waals surface area contributed by atoms with Gasteiger partial charge in [0.05, 0.1) is 18.8 Å². The zero-order chi connectivity index (χ0) is 14.3. The van der Waals surface area contributed by atoms with Gasteiger partial charge in [-0.15, -0.1) is 0 Å². The van der Waals surface area contributed by atoms with E-state index in [0.29, 0.717) is 0 Å². The van der Waals surface area contributed by atoms with E-state index in [-0.39, 0.29) is 31.8 Å². The highest BCUT2D eigenvalue weighted by Gasteiger charge is 2.29. The summed E-state index contributed by atoms with van der Waals surface area (Å²) in [4.78, 5) is 23.5. The number of hydrogen-bond acceptors (Lipinski definition) is 4. The van der Waals surface area contributed by atoms with Crippen LogP contribution in [0.15, 0.2) is 0 Å². The Morgan fingerprint density at radius 1 is 1.37 bits per heavy atom. The molecule has 1 fully saturated rings. The van der Waals surface area contributed by atoms with Gasteiger partial charge in [-0.25, -0.2) is 9.59 Å². The first kappa shape index (κ1) is 15.7. The number of rotatable bonds is 6. The zero-order valence-electron chi connectivity index (χ0n) is 11.2. The summed E-state index contributed by atoms with van der Waals surface area (Å²) in [6.07, 6.45) is 3.08. The number of carboxylic acids is 1. The van der Waals surface area contributed by atoms with Crippen molar-refractivity contribution in [3.05, 3.63) is 0 Å². The highest BCUT2D eigenvalue weighted by atomic mass is 16.5. The van der Waals surface area contributed by atoms with Gasteiger partial charge in [-0.3, -0.25) is 0 Å². The molecule has 3 N–H and O–H groups in total. The van der Waals surface area contributed by atoms with E-state index in [9.17, 15) is 14.7 Å². The molecule has 0 heterocycles. The number of amides is 2. The van der Waals surface area contributed by atoms with E-state index in [1.165, 1.54) is 4.90 Å². The molecule has 1 aliphatic rings. The van der Waals surface area contributed by atoms with Crippen molar-refractivity contribution in [3.8, 4) is 0 Å². The van der Waals surface area contributed by atoms with Gasteiger partial charge < -0.3 is 25.2 Å². The Kier molecular flexibility index (Phi) is 6.58. The van der Waals surface area contributed by atoms with Crippen LogP contribution in [0.3, 0.4) is 0 Å². The molecule has 7 heteroatoms. The molecule has 2 amide bonds. The maximum Gasteiger partial charge on any atom is 0.329 e. The molecule has 0 radical (unpaired) electrons. The normalized spacial score (nSPS) is 22.8. The summed E-state index contributed by atoms with van der Waals surface area (Å²) in [5, 5.41) is 20.8. The van der Waals surface area contributed by atoms with Crippen LogP contribution in [0.25, 0.3) is 0 Å². The lowest BCUT2D eigenvalue weighted by Gasteiger charge is -2.35. The number of ether oxygens (including phenoxy) is 1. The summed E-state index contributed by atoms with van der Waals surface area (Å²) >= 11 is 0. The second kappa shape index (κ2) is 7.96. The number of aliphatic hydroxyl groups excluding tert-OH is 1. The third-order valence-corrected chi connectivity index (χ3v) is 3.26. The number of aliphatic hydroxyl groups is 1. The summed E-state index contributed by atoms with van der Waals surface area (Å²) in [6.45, 7) is 0.0332. The minimum atomic E-state index is -1.03. The van der Waals surface area contributed by atoms with Crippen molar-refractivity contribution >= 4 is 12.0 Å². The van der Waals surface area contributed by atoms with Crippen LogP contribution in [0.5, 0.6) is 0 Å². The fourth-order valence-electron chi connectivity index (χ4n) is 2.21. The molecule has 0 aromatic carbocycles. The van der Waals surface area contributed by atoms with Crippen LogP contribution in [-0.4, -0.2) is 66.1 Å². The molecule has 0 bridgehead atoms. The van der Waals surface area contributed by atoms with E-state index in [0.717, 1.165) is 25.7 Å². The van der Waals surface area contributed by atoms with Crippen LogP contribution in [0, 0.1) is 0 Å². The monoisotopic (exact) mass is 274 g/mol. The van der Waals surface area contributed by atoms with E-state index in [1.807, 2.05) is 0 Å². The minimum absolute atomic E-state index is 0.145. The molecule has 0 aliphatic heterocycles. The lowest BCUT2D eigenvalue weighted by atomic mass is 9.92. The van der Waals surface area contributed by atoms with Gasteiger partial charge in [0, 0.05) is 13.6 Å². The van der Waals surface area contributed by atoms with E-state index < -0.39 is 12.1 Å². The number of urea groups is 1. The standard InChI is InChI=1S/C12H22N2O5/c1-14(9-4-2-3-5-10(9)15)12(18)13-6-7-19-8-11(16)17/h9-10,15H,2-8H2,1H3,(H,13,18)(H,16,17). The maximum absolute atomic E-state index is 11.8. The topological polar surface area (TPSA) is 99.1 Å². The van der Waals surface area contributed by atoms with Crippen molar-refractivity contribution in [1.82, 2.24) is 10.2 Å². The number of carboxylic acid groups (broad SMARTS) is 1. The number of carbonyl (C=O) groups is 2. The van der Waals surface area contributed by atoms with E-state index in [4.69, 9.17) is 9.84 Å². The Bertz CT molecular complexity index is 310. The molecule has 1 saturated carbocycles. The Morgan fingerprint density at radius 2 is 2.05 bits per heavy atom. The van der Waals surface area contributed by atoms with E-state index in [2.05, 4.69) is 5.32 Å². The van der Waals surface area contributed by atoms with Crippen LogP contribution in [-0.2, 0) is 9.53 Å². The molecule has 0 aromatic rings. The lowest BCUT2D eigenvalue weighted by Crippen LogP contribution is -2.50. The van der Waals surface area contributed by atoms with Gasteiger partial charge in [0.15, 0.2) is 0 Å². The number of likely N-dealkylation sites (N-methyl/N-ethyl adjacent to an activating group) is 1. The number of nitrogens with one attached hydrogen (secondary N) is 1. The molecule has 0 spiro atoms. The van der Waals surface area contributed by atoms with Crippen molar-refractivity contribution in [2.75, 3.05) is 26.8 Å². The lowest BCUT2D eigenvalue weighted by molar-refractivity contribution is -0.142. The van der Waals surface area contributed by atoms with Crippen molar-refractivity contribution in [2.45, 2.75) is 37.8 Å². The Balaban J connectivity index is 2.22. The molecule has 0 saturated heterocycles. The van der Waals surface area contributed by atoms with Crippen molar-refractivity contribution < 1.29 is 24.5 Å². The molecule has 1 rings (SSSR count). The minimum Gasteiger partial charge on any atom is -0.480 e. The zero-order valence-corrected chi connectivity index (χ0v) is 11.2. The molecule has 0 aromatic heterocycles. The predicted molar refractivity (Wildman–Crippen MR) is 67.9 cm³/mol. The van der Waals surface area contributed by atoms with Crippen LogP contribution >= 0.6 is 0 Å². The van der Waals surface area contributed by atoms with Crippen molar-refractivity contribution in [2.24, 2.45) is 0 Å². The maximum atomic E-state index is 11.8. The van der Waals surface area contributed by atoms with Gasteiger partial charge in [-0.2, -0.15) is 0 Å². The largest absolute Gasteiger partial charge is 0.480 e. The fourth-order valence-corrected chi connectivity index (χ4v) is 2.21. The van der Waals surface area contributed by atoms with E-state index in [1.54, 1.807) is 7.05 Å². The van der Waals surface area contributed by atoms with E-state index >= 15 is 0 Å². The van der Waals surface area contributed by atoms with Crippen LogP contribution in [0.1, 0.15) is 25.7 Å². The third kappa shape index (κ3) is 5.44. The van der Waals surface area contributed by atoms with Crippen molar-refractivity contribution in [1.29, 1.82) is 0 Å². The van der Waals surface area contributed by atoms with Crippen LogP contribution < -0.4 is 5.32 Å². The average molecular weight is 274 g/mol. The Labute approximate surface area is 112 Å². The summed E-state index contributed by atoms with van der Waals surface area (Å²) in [5.41, 5.74) is 0. The molecule has 110 valence electrons. The SMILES string of the molecule is CN(C(=O)NCCOCC(=O)O)C1CCCCC1O. The molecule has 2 atom stereocenters. The molecular weight excluding hydrogens is 252 g/mol. The molecule has 1 aliphatic carbocycles. The number of aliphatic carboxylic acids is 1. The number of carbonyl (C=O) groups excluding carboxylic acids is 1. The van der Waals surface area contributed by atoms with Gasteiger partial charge in [0.1, 0.15) is 6.61 Å².